The number of unbranched alkanes of at least 4 members (excludes halogenated alkanes) is 2. The third kappa shape index (κ3) is 5.61. The number of aliphatic hydroxyl groups is 1. The van der Waals surface area contributed by atoms with E-state index in [0.717, 1.165) is 32.4 Å². The molecule has 3 heteroatoms. The summed E-state index contributed by atoms with van der Waals surface area (Å²) in [4.78, 5) is 2.35. The summed E-state index contributed by atoms with van der Waals surface area (Å²) in [6.45, 7) is 6.80. The highest BCUT2D eigenvalue weighted by atomic mass is 16.2. The summed E-state index contributed by atoms with van der Waals surface area (Å²) in [6.07, 6.45) is 3.13. The summed E-state index contributed by atoms with van der Waals surface area (Å²) in [5.74, 6) is 0. The molecule has 0 bridgehead atoms. The van der Waals surface area contributed by atoms with Crippen LogP contribution >= 0.6 is 0 Å². The number of rotatable bonds is 9. The summed E-state index contributed by atoms with van der Waals surface area (Å²) in [5, 5.41) is 8.79. The van der Waals surface area contributed by atoms with Gasteiger partial charge in [-0.05, 0) is 43.8 Å². The maximum atomic E-state index is 8.79. The molecule has 0 aliphatic rings. The average Bonchev–Trinajstić information content (AvgIpc) is 2.43. The fourth-order valence-corrected chi connectivity index (χ4v) is 2.65. The van der Waals surface area contributed by atoms with E-state index in [1.807, 2.05) is 18.2 Å². The molecule has 1 rings (SSSR count). The van der Waals surface area contributed by atoms with Gasteiger partial charge < -0.3 is 15.7 Å². The molecule has 1 aromatic rings. The molecule has 0 saturated heterocycles. The Labute approximate surface area is 123 Å². The highest BCUT2D eigenvalue weighted by Gasteiger charge is 2.28. The minimum absolute atomic E-state index is 0.0348. The first kappa shape index (κ1) is 17.2. The van der Waals surface area contributed by atoms with Crippen molar-refractivity contribution in [1.29, 1.82) is 0 Å². The molecule has 1 unspecified atom stereocenters. The van der Waals surface area contributed by atoms with Crippen LogP contribution in [0.3, 0.4) is 0 Å². The van der Waals surface area contributed by atoms with Crippen LogP contribution in [0.5, 0.6) is 0 Å². The minimum Gasteiger partial charge on any atom is -0.396 e. The van der Waals surface area contributed by atoms with Gasteiger partial charge in [0.1, 0.15) is 0 Å². The van der Waals surface area contributed by atoms with Gasteiger partial charge in [-0.25, -0.2) is 0 Å². The molecule has 0 fully saturated rings. The van der Waals surface area contributed by atoms with E-state index in [1.165, 1.54) is 5.56 Å². The van der Waals surface area contributed by atoms with Crippen molar-refractivity contribution in [3.05, 3.63) is 35.9 Å². The topological polar surface area (TPSA) is 49.5 Å². The van der Waals surface area contributed by atoms with Crippen molar-refractivity contribution in [3.8, 4) is 0 Å². The van der Waals surface area contributed by atoms with Crippen LogP contribution in [-0.2, 0) is 0 Å². The lowest BCUT2D eigenvalue weighted by molar-refractivity contribution is 0.173. The first-order chi connectivity index (χ1) is 9.47. The van der Waals surface area contributed by atoms with Crippen LogP contribution in [0.25, 0.3) is 0 Å². The van der Waals surface area contributed by atoms with Gasteiger partial charge in [0, 0.05) is 19.2 Å². The molecule has 3 N–H and O–H groups in total. The van der Waals surface area contributed by atoms with Gasteiger partial charge in [-0.2, -0.15) is 0 Å². The first-order valence-electron chi connectivity index (χ1n) is 7.57. The van der Waals surface area contributed by atoms with E-state index in [4.69, 9.17) is 10.8 Å². The van der Waals surface area contributed by atoms with Crippen LogP contribution in [-0.4, -0.2) is 36.8 Å². The van der Waals surface area contributed by atoms with Crippen molar-refractivity contribution in [2.45, 2.75) is 39.2 Å². The van der Waals surface area contributed by atoms with Crippen LogP contribution in [0.15, 0.2) is 30.3 Å². The maximum absolute atomic E-state index is 8.79. The second-order valence-electron chi connectivity index (χ2n) is 6.40. The summed E-state index contributed by atoms with van der Waals surface area (Å²) in [5.41, 5.74) is 7.67. The second-order valence-corrected chi connectivity index (χ2v) is 6.40. The lowest BCUT2D eigenvalue weighted by Crippen LogP contribution is -2.39. The van der Waals surface area contributed by atoms with Crippen molar-refractivity contribution >= 4 is 0 Å². The molecule has 0 saturated carbocycles. The fourth-order valence-electron chi connectivity index (χ4n) is 2.65. The van der Waals surface area contributed by atoms with E-state index in [1.54, 1.807) is 0 Å². The summed E-state index contributed by atoms with van der Waals surface area (Å²) >= 11 is 0. The molecule has 0 heterocycles. The van der Waals surface area contributed by atoms with Gasteiger partial charge in [-0.1, -0.05) is 44.2 Å². The Hall–Kier alpha value is -0.900. The van der Waals surface area contributed by atoms with Crippen LogP contribution in [0.1, 0.15) is 44.7 Å². The van der Waals surface area contributed by atoms with Crippen molar-refractivity contribution in [3.63, 3.8) is 0 Å². The summed E-state index contributed by atoms with van der Waals surface area (Å²) < 4.78 is 0. The molecule has 20 heavy (non-hydrogen) atoms. The molecule has 0 aliphatic heterocycles. The first-order valence-corrected chi connectivity index (χ1v) is 7.57. The zero-order valence-electron chi connectivity index (χ0n) is 13.2. The predicted molar refractivity (Wildman–Crippen MR) is 85.6 cm³/mol. The number of aliphatic hydroxyl groups excluding tert-OH is 1. The van der Waals surface area contributed by atoms with E-state index < -0.39 is 0 Å². The number of hydrogen-bond donors (Lipinski definition) is 2. The molecular weight excluding hydrogens is 248 g/mol. The lowest BCUT2D eigenvalue weighted by atomic mass is 9.80. The molecule has 1 aromatic carbocycles. The predicted octanol–water partition coefficient (Wildman–Crippen LogP) is 2.81. The van der Waals surface area contributed by atoms with Crippen molar-refractivity contribution in [1.82, 2.24) is 4.90 Å². The number of hydrogen-bond acceptors (Lipinski definition) is 3. The Bertz CT molecular complexity index is 365. The monoisotopic (exact) mass is 278 g/mol. The summed E-state index contributed by atoms with van der Waals surface area (Å²) in [7, 11) is 2.15. The molecule has 0 aromatic heterocycles. The van der Waals surface area contributed by atoms with Gasteiger partial charge in [0.05, 0.1) is 0 Å². The molecule has 0 spiro atoms. The Morgan fingerprint density at radius 2 is 1.80 bits per heavy atom. The molecule has 0 radical (unpaired) electrons. The lowest BCUT2D eigenvalue weighted by Gasteiger charge is -2.35. The van der Waals surface area contributed by atoms with Crippen LogP contribution in [0.4, 0.5) is 0 Å². The van der Waals surface area contributed by atoms with Gasteiger partial charge in [0.25, 0.3) is 0 Å². The molecule has 1 atom stereocenters. The van der Waals surface area contributed by atoms with E-state index in [9.17, 15) is 0 Å². The highest BCUT2D eigenvalue weighted by molar-refractivity contribution is 5.20. The largest absolute Gasteiger partial charge is 0.396 e. The second kappa shape index (κ2) is 8.40. The van der Waals surface area contributed by atoms with Gasteiger partial charge in [-0.3, -0.25) is 0 Å². The van der Waals surface area contributed by atoms with Gasteiger partial charge in [0.15, 0.2) is 0 Å². The normalized spacial score (nSPS) is 13.7. The number of nitrogens with zero attached hydrogens (tertiary/aromatic N) is 1. The van der Waals surface area contributed by atoms with Gasteiger partial charge in [-0.15, -0.1) is 0 Å². The van der Waals surface area contributed by atoms with Crippen molar-refractivity contribution in [2.24, 2.45) is 11.1 Å². The Kier molecular flexibility index (Phi) is 7.20. The third-order valence-corrected chi connectivity index (χ3v) is 3.88. The number of benzene rings is 1. The SMILES string of the molecule is CN(CCCCCO)CC(C)(C)C(N)c1ccccc1. The van der Waals surface area contributed by atoms with Crippen LogP contribution in [0, 0.1) is 5.41 Å². The zero-order valence-corrected chi connectivity index (χ0v) is 13.2. The van der Waals surface area contributed by atoms with E-state index in [-0.39, 0.29) is 11.5 Å². The van der Waals surface area contributed by atoms with E-state index in [2.05, 4.69) is 37.9 Å². The Morgan fingerprint density at radius 3 is 2.40 bits per heavy atom. The van der Waals surface area contributed by atoms with Crippen LogP contribution < -0.4 is 5.73 Å². The minimum atomic E-state index is 0.0348. The third-order valence-electron chi connectivity index (χ3n) is 3.88. The molecule has 3 nitrogen and oxygen atoms in total. The smallest absolute Gasteiger partial charge is 0.0431 e. The Balaban J connectivity index is 2.47. The highest BCUT2D eigenvalue weighted by Crippen LogP contribution is 2.31. The maximum Gasteiger partial charge on any atom is 0.0431 e. The molecule has 0 amide bonds. The average molecular weight is 278 g/mol. The zero-order chi connectivity index (χ0) is 15.0. The fraction of sp³-hybridized carbons (Fsp3) is 0.647. The van der Waals surface area contributed by atoms with E-state index in [0.29, 0.717) is 6.61 Å². The summed E-state index contributed by atoms with van der Waals surface area (Å²) in [6, 6.07) is 10.4. The molecule has 0 aliphatic carbocycles. The Morgan fingerprint density at radius 1 is 1.15 bits per heavy atom. The van der Waals surface area contributed by atoms with Crippen LogP contribution in [0.2, 0.25) is 0 Å². The van der Waals surface area contributed by atoms with Gasteiger partial charge >= 0.3 is 0 Å². The van der Waals surface area contributed by atoms with Gasteiger partial charge in [0.2, 0.25) is 0 Å². The standard InChI is InChI=1S/C17H30N2O/c1-17(2,14-19(3)12-8-5-9-13-20)16(18)15-10-6-4-7-11-15/h4,6-7,10-11,16,20H,5,8-9,12-14,18H2,1-3H3. The van der Waals surface area contributed by atoms with E-state index >= 15 is 0 Å². The molecule has 114 valence electrons. The quantitative estimate of drug-likeness (QED) is 0.683. The van der Waals surface area contributed by atoms with Crippen molar-refractivity contribution < 1.29 is 5.11 Å². The molecular formula is C17H30N2O. The van der Waals surface area contributed by atoms with Crippen molar-refractivity contribution in [2.75, 3.05) is 26.7 Å². The number of nitrogens with two attached hydrogens (primary N) is 1.